The molecule has 0 spiro atoms. The van der Waals surface area contributed by atoms with E-state index in [0.29, 0.717) is 13.0 Å². The fraction of sp³-hybridized carbons (Fsp3) is 0.429. The third kappa shape index (κ3) is 4.36. The SMILES string of the molecule is CC.Cc1[nH]c2ccccc2c1CCNS(C)(=O)=O. The molecule has 2 rings (SSSR count). The number of hydrogen-bond donors (Lipinski definition) is 2. The van der Waals surface area contributed by atoms with E-state index in [1.807, 2.05) is 39.0 Å². The first-order valence-corrected chi connectivity index (χ1v) is 8.37. The third-order valence-corrected chi connectivity index (χ3v) is 3.49. The van der Waals surface area contributed by atoms with Gasteiger partial charge in [-0.1, -0.05) is 32.0 Å². The molecule has 0 radical (unpaired) electrons. The average Bonchev–Trinajstić information content (AvgIpc) is 2.67. The molecule has 1 aromatic heterocycles. The maximum atomic E-state index is 11.0. The van der Waals surface area contributed by atoms with Gasteiger partial charge in [-0.3, -0.25) is 0 Å². The van der Waals surface area contributed by atoms with Crippen molar-refractivity contribution in [2.75, 3.05) is 12.8 Å². The molecular weight excluding hydrogens is 260 g/mol. The van der Waals surface area contributed by atoms with Crippen molar-refractivity contribution in [3.63, 3.8) is 0 Å². The highest BCUT2D eigenvalue weighted by Gasteiger charge is 2.08. The molecule has 19 heavy (non-hydrogen) atoms. The second-order valence-electron chi connectivity index (χ2n) is 4.19. The molecule has 0 saturated carbocycles. The molecule has 0 aliphatic rings. The molecule has 0 unspecified atom stereocenters. The molecule has 0 fully saturated rings. The van der Waals surface area contributed by atoms with Crippen LogP contribution in [0, 0.1) is 6.92 Å². The normalized spacial score (nSPS) is 11.2. The predicted octanol–water partition coefficient (Wildman–Crippen LogP) is 2.59. The van der Waals surface area contributed by atoms with Gasteiger partial charge in [-0.2, -0.15) is 0 Å². The Kier molecular flexibility index (Phi) is 5.57. The Morgan fingerprint density at radius 2 is 1.84 bits per heavy atom. The minimum absolute atomic E-state index is 0.432. The Morgan fingerprint density at radius 3 is 2.47 bits per heavy atom. The van der Waals surface area contributed by atoms with Crippen molar-refractivity contribution in [1.29, 1.82) is 0 Å². The summed E-state index contributed by atoms with van der Waals surface area (Å²) in [5.41, 5.74) is 3.37. The molecule has 1 aromatic carbocycles. The van der Waals surface area contributed by atoms with Gasteiger partial charge in [0.25, 0.3) is 0 Å². The Labute approximate surface area is 115 Å². The first kappa shape index (κ1) is 15.7. The first-order chi connectivity index (χ1) is 8.97. The molecule has 4 nitrogen and oxygen atoms in total. The topological polar surface area (TPSA) is 62.0 Å². The standard InChI is InChI=1S/C12H16N2O2S.C2H6/c1-9-10(7-8-13-17(2,15)16)11-5-3-4-6-12(11)14-9;1-2/h3-6,13-14H,7-8H2,1-2H3;1-2H3. The Bertz CT molecular complexity index is 630. The Hall–Kier alpha value is -1.33. The molecule has 106 valence electrons. The van der Waals surface area contributed by atoms with Gasteiger partial charge in [-0.05, 0) is 25.0 Å². The molecule has 2 aromatic rings. The summed E-state index contributed by atoms with van der Waals surface area (Å²) in [6, 6.07) is 8.05. The summed E-state index contributed by atoms with van der Waals surface area (Å²) in [6.07, 6.45) is 1.87. The lowest BCUT2D eigenvalue weighted by molar-refractivity contribution is 0.588. The van der Waals surface area contributed by atoms with Crippen LogP contribution in [0.5, 0.6) is 0 Å². The van der Waals surface area contributed by atoms with E-state index in [-0.39, 0.29) is 0 Å². The van der Waals surface area contributed by atoms with Crippen molar-refractivity contribution in [3.05, 3.63) is 35.5 Å². The largest absolute Gasteiger partial charge is 0.358 e. The molecule has 0 bridgehead atoms. The smallest absolute Gasteiger partial charge is 0.208 e. The Balaban J connectivity index is 0.000000861. The monoisotopic (exact) mass is 282 g/mol. The fourth-order valence-corrected chi connectivity index (χ4v) is 2.49. The van der Waals surface area contributed by atoms with Gasteiger partial charge in [0, 0.05) is 23.1 Å². The summed E-state index contributed by atoms with van der Waals surface area (Å²) in [7, 11) is -3.10. The third-order valence-electron chi connectivity index (χ3n) is 2.77. The number of hydrogen-bond acceptors (Lipinski definition) is 2. The van der Waals surface area contributed by atoms with E-state index < -0.39 is 10.0 Å². The zero-order valence-corrected chi connectivity index (χ0v) is 12.8. The van der Waals surface area contributed by atoms with Gasteiger partial charge >= 0.3 is 0 Å². The van der Waals surface area contributed by atoms with Crippen LogP contribution in [0.25, 0.3) is 10.9 Å². The second kappa shape index (κ2) is 6.73. The van der Waals surface area contributed by atoms with Gasteiger partial charge < -0.3 is 4.98 Å². The van der Waals surface area contributed by atoms with E-state index in [0.717, 1.165) is 11.2 Å². The van der Waals surface area contributed by atoms with Crippen molar-refractivity contribution in [2.24, 2.45) is 0 Å². The van der Waals surface area contributed by atoms with Crippen LogP contribution < -0.4 is 4.72 Å². The van der Waals surface area contributed by atoms with Gasteiger partial charge in [0.2, 0.25) is 10.0 Å². The van der Waals surface area contributed by atoms with Crippen LogP contribution in [0.1, 0.15) is 25.1 Å². The van der Waals surface area contributed by atoms with Crippen LogP contribution in [0.2, 0.25) is 0 Å². The maximum Gasteiger partial charge on any atom is 0.208 e. The minimum Gasteiger partial charge on any atom is -0.358 e. The molecule has 5 heteroatoms. The number of aryl methyl sites for hydroxylation is 1. The number of nitrogens with one attached hydrogen (secondary N) is 2. The summed E-state index contributed by atoms with van der Waals surface area (Å²) < 4.78 is 24.5. The van der Waals surface area contributed by atoms with E-state index in [1.54, 1.807) is 0 Å². The average molecular weight is 282 g/mol. The number of sulfonamides is 1. The van der Waals surface area contributed by atoms with Gasteiger partial charge in [-0.15, -0.1) is 0 Å². The number of fused-ring (bicyclic) bond motifs is 1. The van der Waals surface area contributed by atoms with Crippen LogP contribution >= 0.6 is 0 Å². The van der Waals surface area contributed by atoms with Crippen molar-refractivity contribution in [3.8, 4) is 0 Å². The summed E-state index contributed by atoms with van der Waals surface area (Å²) in [5, 5.41) is 1.17. The quantitative estimate of drug-likeness (QED) is 0.905. The number of rotatable bonds is 4. The van der Waals surface area contributed by atoms with Crippen molar-refractivity contribution >= 4 is 20.9 Å². The van der Waals surface area contributed by atoms with Gasteiger partial charge in [0.1, 0.15) is 0 Å². The van der Waals surface area contributed by atoms with Crippen molar-refractivity contribution in [1.82, 2.24) is 9.71 Å². The maximum absolute atomic E-state index is 11.0. The summed E-state index contributed by atoms with van der Waals surface area (Å²) in [5.74, 6) is 0. The molecule has 0 saturated heterocycles. The van der Waals surface area contributed by atoms with Crippen LogP contribution in [-0.2, 0) is 16.4 Å². The van der Waals surface area contributed by atoms with E-state index in [9.17, 15) is 8.42 Å². The lowest BCUT2D eigenvalue weighted by Gasteiger charge is -2.02. The highest BCUT2D eigenvalue weighted by Crippen LogP contribution is 2.21. The van der Waals surface area contributed by atoms with E-state index >= 15 is 0 Å². The molecule has 0 amide bonds. The lowest BCUT2D eigenvalue weighted by atomic mass is 10.1. The molecule has 0 aliphatic heterocycles. The van der Waals surface area contributed by atoms with E-state index in [1.165, 1.54) is 17.2 Å². The molecule has 0 atom stereocenters. The zero-order chi connectivity index (χ0) is 14.5. The molecule has 0 aliphatic carbocycles. The van der Waals surface area contributed by atoms with Crippen molar-refractivity contribution in [2.45, 2.75) is 27.2 Å². The van der Waals surface area contributed by atoms with Crippen molar-refractivity contribution < 1.29 is 8.42 Å². The highest BCUT2D eigenvalue weighted by molar-refractivity contribution is 7.88. The molecule has 1 heterocycles. The first-order valence-electron chi connectivity index (χ1n) is 6.48. The summed E-state index contributed by atoms with van der Waals surface area (Å²) in [6.45, 7) is 6.44. The van der Waals surface area contributed by atoms with Crippen LogP contribution in [-0.4, -0.2) is 26.2 Å². The summed E-state index contributed by atoms with van der Waals surface area (Å²) >= 11 is 0. The number of benzene rings is 1. The zero-order valence-electron chi connectivity index (χ0n) is 11.9. The van der Waals surface area contributed by atoms with Crippen LogP contribution in [0.15, 0.2) is 24.3 Å². The minimum atomic E-state index is -3.10. The van der Waals surface area contributed by atoms with Crippen LogP contribution in [0.3, 0.4) is 0 Å². The highest BCUT2D eigenvalue weighted by atomic mass is 32.2. The number of aromatic nitrogens is 1. The lowest BCUT2D eigenvalue weighted by Crippen LogP contribution is -2.24. The van der Waals surface area contributed by atoms with E-state index in [4.69, 9.17) is 0 Å². The second-order valence-corrected chi connectivity index (χ2v) is 6.02. The van der Waals surface area contributed by atoms with Gasteiger partial charge in [0.15, 0.2) is 0 Å². The number of aromatic amines is 1. The fourth-order valence-electron chi connectivity index (χ4n) is 2.02. The summed E-state index contributed by atoms with van der Waals surface area (Å²) in [4.78, 5) is 3.30. The molecular formula is C14H22N2O2S. The van der Waals surface area contributed by atoms with Gasteiger partial charge in [-0.25, -0.2) is 13.1 Å². The van der Waals surface area contributed by atoms with Crippen LogP contribution in [0.4, 0.5) is 0 Å². The van der Waals surface area contributed by atoms with Gasteiger partial charge in [0.05, 0.1) is 6.26 Å². The number of para-hydroxylation sites is 1. The van der Waals surface area contributed by atoms with E-state index in [2.05, 4.69) is 15.8 Å². The predicted molar refractivity (Wildman–Crippen MR) is 80.9 cm³/mol. The number of H-pyrrole nitrogens is 1. The molecule has 2 N–H and O–H groups in total. The Morgan fingerprint density at radius 1 is 1.21 bits per heavy atom.